The summed E-state index contributed by atoms with van der Waals surface area (Å²) in [6, 6.07) is 10.5. The summed E-state index contributed by atoms with van der Waals surface area (Å²) in [6.45, 7) is 0.465. The van der Waals surface area contributed by atoms with Gasteiger partial charge in [-0.05, 0) is 29.8 Å². The van der Waals surface area contributed by atoms with Gasteiger partial charge in [0.15, 0.2) is 0 Å². The number of H-pyrrole nitrogens is 1. The van der Waals surface area contributed by atoms with Crippen LogP contribution in [-0.2, 0) is 6.54 Å². The number of aromatic amines is 1. The van der Waals surface area contributed by atoms with Gasteiger partial charge in [0.1, 0.15) is 11.5 Å². The summed E-state index contributed by atoms with van der Waals surface area (Å²) in [6.07, 6.45) is 2.92. The minimum Gasteiger partial charge on any atom is -0.361 e. The standard InChI is InChI=1S/C16H14FN3O/c1-20(16(21)15-6-5-12(17)9-19-15)10-11-3-2-4-14-13(11)7-8-18-14/h2-9,18H,10H2,1H3. The summed E-state index contributed by atoms with van der Waals surface area (Å²) in [5.41, 5.74) is 2.32. The Morgan fingerprint density at radius 2 is 2.14 bits per heavy atom. The third-order valence-electron chi connectivity index (χ3n) is 3.39. The molecule has 2 aromatic heterocycles. The maximum atomic E-state index is 12.8. The Kier molecular flexibility index (Phi) is 3.39. The fourth-order valence-corrected chi connectivity index (χ4v) is 2.31. The highest BCUT2D eigenvalue weighted by Crippen LogP contribution is 2.19. The van der Waals surface area contributed by atoms with Crippen LogP contribution >= 0.6 is 0 Å². The van der Waals surface area contributed by atoms with Crippen molar-refractivity contribution in [1.82, 2.24) is 14.9 Å². The Morgan fingerprint density at radius 1 is 1.29 bits per heavy atom. The summed E-state index contributed by atoms with van der Waals surface area (Å²) in [5, 5.41) is 1.09. The Hall–Kier alpha value is -2.69. The molecule has 1 aromatic carbocycles. The van der Waals surface area contributed by atoms with Crippen molar-refractivity contribution in [1.29, 1.82) is 0 Å². The zero-order valence-electron chi connectivity index (χ0n) is 11.5. The number of aromatic nitrogens is 2. The number of carbonyl (C=O) groups is 1. The molecule has 0 atom stereocenters. The molecule has 5 heteroatoms. The van der Waals surface area contributed by atoms with Crippen LogP contribution in [0.3, 0.4) is 0 Å². The molecule has 1 N–H and O–H groups in total. The van der Waals surface area contributed by atoms with Crippen LogP contribution in [0.4, 0.5) is 4.39 Å². The Balaban J connectivity index is 1.82. The molecule has 0 radical (unpaired) electrons. The highest BCUT2D eigenvalue weighted by molar-refractivity contribution is 5.92. The largest absolute Gasteiger partial charge is 0.361 e. The summed E-state index contributed by atoms with van der Waals surface area (Å²) in [4.78, 5) is 20.8. The second kappa shape index (κ2) is 5.36. The Labute approximate surface area is 121 Å². The average molecular weight is 283 g/mol. The summed E-state index contributed by atoms with van der Waals surface area (Å²) in [7, 11) is 1.71. The van der Waals surface area contributed by atoms with E-state index in [1.807, 2.05) is 30.5 Å². The minimum atomic E-state index is -0.453. The predicted molar refractivity (Wildman–Crippen MR) is 78.3 cm³/mol. The van der Waals surface area contributed by atoms with Crippen molar-refractivity contribution < 1.29 is 9.18 Å². The lowest BCUT2D eigenvalue weighted by atomic mass is 10.1. The third kappa shape index (κ3) is 2.63. The molecule has 0 saturated carbocycles. The molecule has 0 aliphatic heterocycles. The number of amides is 1. The molecule has 21 heavy (non-hydrogen) atoms. The number of nitrogens with zero attached hydrogens (tertiary/aromatic N) is 2. The highest BCUT2D eigenvalue weighted by Gasteiger charge is 2.14. The van der Waals surface area contributed by atoms with Crippen molar-refractivity contribution in [2.45, 2.75) is 6.54 Å². The smallest absolute Gasteiger partial charge is 0.272 e. The number of hydrogen-bond acceptors (Lipinski definition) is 2. The van der Waals surface area contributed by atoms with Crippen molar-refractivity contribution >= 4 is 16.8 Å². The number of nitrogens with one attached hydrogen (secondary N) is 1. The van der Waals surface area contributed by atoms with E-state index in [-0.39, 0.29) is 11.6 Å². The van der Waals surface area contributed by atoms with Crippen molar-refractivity contribution in [3.05, 3.63) is 65.9 Å². The zero-order chi connectivity index (χ0) is 14.8. The first kappa shape index (κ1) is 13.3. The van der Waals surface area contributed by atoms with Gasteiger partial charge in [-0.1, -0.05) is 12.1 Å². The minimum absolute atomic E-state index is 0.234. The predicted octanol–water partition coefficient (Wildman–Crippen LogP) is 2.97. The van der Waals surface area contributed by atoms with Gasteiger partial charge in [-0.25, -0.2) is 9.37 Å². The number of hydrogen-bond donors (Lipinski definition) is 1. The van der Waals surface area contributed by atoms with Gasteiger partial charge >= 0.3 is 0 Å². The highest BCUT2D eigenvalue weighted by atomic mass is 19.1. The molecule has 4 nitrogen and oxygen atoms in total. The molecule has 0 saturated heterocycles. The number of rotatable bonds is 3. The monoisotopic (exact) mass is 283 g/mol. The van der Waals surface area contributed by atoms with Gasteiger partial charge in [0, 0.05) is 30.7 Å². The fraction of sp³-hybridized carbons (Fsp3) is 0.125. The van der Waals surface area contributed by atoms with Gasteiger partial charge < -0.3 is 9.88 Å². The third-order valence-corrected chi connectivity index (χ3v) is 3.39. The van der Waals surface area contributed by atoms with Crippen LogP contribution in [0.15, 0.2) is 48.8 Å². The molecule has 3 rings (SSSR count). The maximum Gasteiger partial charge on any atom is 0.272 e. The van der Waals surface area contributed by atoms with Gasteiger partial charge in [0.25, 0.3) is 5.91 Å². The molecule has 0 aliphatic rings. The average Bonchev–Trinajstić information content (AvgIpc) is 2.97. The van der Waals surface area contributed by atoms with Crippen LogP contribution in [0, 0.1) is 5.82 Å². The van der Waals surface area contributed by atoms with E-state index in [4.69, 9.17) is 0 Å². The molecule has 106 valence electrons. The molecule has 2 heterocycles. The van der Waals surface area contributed by atoms with Gasteiger partial charge in [0.05, 0.1) is 6.20 Å². The number of pyridine rings is 1. The van der Waals surface area contributed by atoms with E-state index in [2.05, 4.69) is 9.97 Å². The van der Waals surface area contributed by atoms with Crippen LogP contribution in [-0.4, -0.2) is 27.8 Å². The first-order chi connectivity index (χ1) is 10.1. The normalized spacial score (nSPS) is 10.8. The lowest BCUT2D eigenvalue weighted by Crippen LogP contribution is -2.27. The first-order valence-electron chi connectivity index (χ1n) is 6.57. The van der Waals surface area contributed by atoms with E-state index in [0.29, 0.717) is 6.54 Å². The van der Waals surface area contributed by atoms with Crippen molar-refractivity contribution in [2.75, 3.05) is 7.05 Å². The zero-order valence-corrected chi connectivity index (χ0v) is 11.5. The van der Waals surface area contributed by atoms with Gasteiger partial charge in [-0.15, -0.1) is 0 Å². The van der Waals surface area contributed by atoms with E-state index in [0.717, 1.165) is 22.7 Å². The van der Waals surface area contributed by atoms with Gasteiger partial charge in [0.2, 0.25) is 0 Å². The van der Waals surface area contributed by atoms with E-state index in [1.54, 1.807) is 11.9 Å². The van der Waals surface area contributed by atoms with E-state index < -0.39 is 5.82 Å². The molecule has 3 aromatic rings. The number of carbonyl (C=O) groups excluding carboxylic acids is 1. The lowest BCUT2D eigenvalue weighted by Gasteiger charge is -2.17. The van der Waals surface area contributed by atoms with Crippen molar-refractivity contribution in [2.24, 2.45) is 0 Å². The van der Waals surface area contributed by atoms with E-state index >= 15 is 0 Å². The second-order valence-corrected chi connectivity index (χ2v) is 4.88. The summed E-state index contributed by atoms with van der Waals surface area (Å²) >= 11 is 0. The van der Waals surface area contributed by atoms with E-state index in [9.17, 15) is 9.18 Å². The Bertz CT molecular complexity index is 780. The SMILES string of the molecule is CN(Cc1cccc2[nH]ccc12)C(=O)c1ccc(F)cn1. The topological polar surface area (TPSA) is 49.0 Å². The quantitative estimate of drug-likeness (QED) is 0.803. The maximum absolute atomic E-state index is 12.8. The number of halogens is 1. The molecule has 0 bridgehead atoms. The summed E-state index contributed by atoms with van der Waals surface area (Å²) < 4.78 is 12.8. The van der Waals surface area contributed by atoms with Crippen LogP contribution < -0.4 is 0 Å². The van der Waals surface area contributed by atoms with Crippen LogP contribution in [0.25, 0.3) is 10.9 Å². The number of benzene rings is 1. The second-order valence-electron chi connectivity index (χ2n) is 4.88. The Morgan fingerprint density at radius 3 is 2.90 bits per heavy atom. The van der Waals surface area contributed by atoms with Crippen LogP contribution in [0.1, 0.15) is 16.1 Å². The van der Waals surface area contributed by atoms with Crippen LogP contribution in [0.2, 0.25) is 0 Å². The van der Waals surface area contributed by atoms with Crippen molar-refractivity contribution in [3.8, 4) is 0 Å². The molecule has 0 fully saturated rings. The number of fused-ring (bicyclic) bond motifs is 1. The molecular weight excluding hydrogens is 269 g/mol. The van der Waals surface area contributed by atoms with Gasteiger partial charge in [-0.3, -0.25) is 4.79 Å². The molecular formula is C16H14FN3O. The molecule has 0 unspecified atom stereocenters. The lowest BCUT2D eigenvalue weighted by molar-refractivity contribution is 0.0780. The first-order valence-corrected chi connectivity index (χ1v) is 6.57. The summed E-state index contributed by atoms with van der Waals surface area (Å²) in [5.74, 6) is -0.686. The molecule has 0 spiro atoms. The van der Waals surface area contributed by atoms with E-state index in [1.165, 1.54) is 12.1 Å². The van der Waals surface area contributed by atoms with Gasteiger partial charge in [-0.2, -0.15) is 0 Å². The van der Waals surface area contributed by atoms with Crippen molar-refractivity contribution in [3.63, 3.8) is 0 Å². The molecule has 0 aliphatic carbocycles. The fourth-order valence-electron chi connectivity index (χ4n) is 2.31. The molecule has 1 amide bonds. The van der Waals surface area contributed by atoms with Crippen LogP contribution in [0.5, 0.6) is 0 Å².